The van der Waals surface area contributed by atoms with Gasteiger partial charge in [-0.2, -0.15) is 0 Å². The Morgan fingerprint density at radius 2 is 2.20 bits per heavy atom. The van der Waals surface area contributed by atoms with Gasteiger partial charge in [0.15, 0.2) is 0 Å². The van der Waals surface area contributed by atoms with E-state index in [0.29, 0.717) is 0 Å². The summed E-state index contributed by atoms with van der Waals surface area (Å²) in [4.78, 5) is 16.6. The average Bonchev–Trinajstić information content (AvgIpc) is 2.83. The minimum Gasteiger partial charge on any atom is -0.389 e. The molecule has 1 aliphatic rings. The molecule has 1 amide bonds. The molecule has 112 valence electrons. The maximum atomic E-state index is 12.2. The number of hydrogen-bond acceptors (Lipinski definition) is 4. The van der Waals surface area contributed by atoms with Gasteiger partial charge in [0.1, 0.15) is 5.01 Å². The summed E-state index contributed by atoms with van der Waals surface area (Å²) in [7, 11) is 0. The standard InChI is InChI=1S/C15H24N2O2S/c1-3-12(14-16-11(2)10-20-14)17-13(18)9-15(19)7-5-4-6-8-15/h10,12,19H,3-9H2,1-2H3,(H,17,18). The Hall–Kier alpha value is -0.940. The van der Waals surface area contributed by atoms with Gasteiger partial charge >= 0.3 is 0 Å². The summed E-state index contributed by atoms with van der Waals surface area (Å²) in [5.74, 6) is -0.0610. The van der Waals surface area contributed by atoms with Crippen LogP contribution in [-0.4, -0.2) is 21.6 Å². The molecule has 1 aromatic rings. The van der Waals surface area contributed by atoms with Crippen LogP contribution >= 0.6 is 11.3 Å². The summed E-state index contributed by atoms with van der Waals surface area (Å²) in [5, 5.41) is 16.4. The molecule has 1 unspecified atom stereocenters. The molecule has 5 heteroatoms. The number of thiazole rings is 1. The van der Waals surface area contributed by atoms with E-state index in [9.17, 15) is 9.90 Å². The molecule has 1 fully saturated rings. The summed E-state index contributed by atoms with van der Waals surface area (Å²) in [6.45, 7) is 4.00. The van der Waals surface area contributed by atoms with Crippen LogP contribution in [0.3, 0.4) is 0 Å². The van der Waals surface area contributed by atoms with E-state index in [1.165, 1.54) is 6.42 Å². The van der Waals surface area contributed by atoms with Crippen molar-refractivity contribution < 1.29 is 9.90 Å². The smallest absolute Gasteiger partial charge is 0.223 e. The first-order chi connectivity index (χ1) is 9.52. The first-order valence-corrected chi connectivity index (χ1v) is 8.34. The number of amides is 1. The van der Waals surface area contributed by atoms with Crippen molar-refractivity contribution in [2.45, 2.75) is 70.4 Å². The van der Waals surface area contributed by atoms with Crippen LogP contribution in [0.1, 0.15) is 68.6 Å². The van der Waals surface area contributed by atoms with Crippen LogP contribution in [0.4, 0.5) is 0 Å². The number of hydrogen-bond donors (Lipinski definition) is 2. The number of nitrogens with zero attached hydrogens (tertiary/aromatic N) is 1. The second kappa shape index (κ2) is 6.68. The van der Waals surface area contributed by atoms with Crippen LogP contribution < -0.4 is 5.32 Å². The van der Waals surface area contributed by atoms with Crippen molar-refractivity contribution in [1.29, 1.82) is 0 Å². The predicted octanol–water partition coefficient (Wildman–Crippen LogP) is 3.10. The third kappa shape index (κ3) is 4.03. The molecule has 0 radical (unpaired) electrons. The molecule has 0 aromatic carbocycles. The van der Waals surface area contributed by atoms with Gasteiger partial charge in [0.25, 0.3) is 0 Å². The third-order valence-electron chi connectivity index (χ3n) is 3.95. The van der Waals surface area contributed by atoms with E-state index >= 15 is 0 Å². The summed E-state index contributed by atoms with van der Waals surface area (Å²) in [6, 6.07) is -0.0339. The van der Waals surface area contributed by atoms with Gasteiger partial charge in [-0.1, -0.05) is 26.2 Å². The fraction of sp³-hybridized carbons (Fsp3) is 0.733. The lowest BCUT2D eigenvalue weighted by atomic mass is 9.82. The second-order valence-electron chi connectivity index (χ2n) is 5.82. The van der Waals surface area contributed by atoms with Crippen LogP contribution in [0.15, 0.2) is 5.38 Å². The number of aryl methyl sites for hydroxylation is 1. The number of aromatic nitrogens is 1. The Morgan fingerprint density at radius 1 is 1.50 bits per heavy atom. The van der Waals surface area contributed by atoms with Crippen molar-refractivity contribution in [2.24, 2.45) is 0 Å². The van der Waals surface area contributed by atoms with Gasteiger partial charge < -0.3 is 10.4 Å². The van der Waals surface area contributed by atoms with E-state index in [1.54, 1.807) is 11.3 Å². The monoisotopic (exact) mass is 296 g/mol. The molecule has 0 saturated heterocycles. The highest BCUT2D eigenvalue weighted by molar-refractivity contribution is 7.09. The highest BCUT2D eigenvalue weighted by Crippen LogP contribution is 2.31. The van der Waals surface area contributed by atoms with E-state index in [2.05, 4.69) is 10.3 Å². The molecular weight excluding hydrogens is 272 g/mol. The van der Waals surface area contributed by atoms with E-state index in [0.717, 1.165) is 42.8 Å². The molecule has 1 aromatic heterocycles. The van der Waals surface area contributed by atoms with Gasteiger partial charge in [-0.3, -0.25) is 4.79 Å². The lowest BCUT2D eigenvalue weighted by molar-refractivity contribution is -0.128. The molecule has 4 nitrogen and oxygen atoms in total. The lowest BCUT2D eigenvalue weighted by Crippen LogP contribution is -2.39. The average molecular weight is 296 g/mol. The molecule has 1 aliphatic carbocycles. The largest absolute Gasteiger partial charge is 0.389 e. The molecular formula is C15H24N2O2S. The van der Waals surface area contributed by atoms with Gasteiger partial charge in [0.2, 0.25) is 5.91 Å². The third-order valence-corrected chi connectivity index (χ3v) is 5.03. The van der Waals surface area contributed by atoms with Crippen LogP contribution in [-0.2, 0) is 4.79 Å². The highest BCUT2D eigenvalue weighted by atomic mass is 32.1. The number of nitrogens with one attached hydrogen (secondary N) is 1. The summed E-state index contributed by atoms with van der Waals surface area (Å²) in [5.41, 5.74) is 0.197. The molecule has 0 aliphatic heterocycles. The summed E-state index contributed by atoms with van der Waals surface area (Å²) >= 11 is 1.58. The predicted molar refractivity (Wildman–Crippen MR) is 80.7 cm³/mol. The Kier molecular flexibility index (Phi) is 5.16. The fourth-order valence-corrected chi connectivity index (χ4v) is 3.73. The summed E-state index contributed by atoms with van der Waals surface area (Å²) in [6.07, 6.45) is 5.73. The number of rotatable bonds is 5. The zero-order valence-corrected chi connectivity index (χ0v) is 13.1. The number of carbonyl (C=O) groups is 1. The minimum atomic E-state index is -0.792. The topological polar surface area (TPSA) is 62.2 Å². The molecule has 20 heavy (non-hydrogen) atoms. The fourth-order valence-electron chi connectivity index (χ4n) is 2.80. The summed E-state index contributed by atoms with van der Waals surface area (Å²) < 4.78 is 0. The van der Waals surface area contributed by atoms with Gasteiger partial charge in [-0.25, -0.2) is 4.98 Å². The Balaban J connectivity index is 1.92. The van der Waals surface area contributed by atoms with Crippen LogP contribution in [0.2, 0.25) is 0 Å². The molecule has 1 atom stereocenters. The highest BCUT2D eigenvalue weighted by Gasteiger charge is 2.32. The number of aliphatic hydroxyl groups is 1. The van der Waals surface area contributed by atoms with E-state index in [4.69, 9.17) is 0 Å². The molecule has 0 bridgehead atoms. The lowest BCUT2D eigenvalue weighted by Gasteiger charge is -2.31. The van der Waals surface area contributed by atoms with Gasteiger partial charge in [-0.05, 0) is 26.2 Å². The molecule has 0 spiro atoms. The second-order valence-corrected chi connectivity index (χ2v) is 6.71. The zero-order chi connectivity index (χ0) is 14.6. The van der Waals surface area contributed by atoms with Crippen molar-refractivity contribution in [3.8, 4) is 0 Å². The maximum absolute atomic E-state index is 12.2. The Labute approximate surface area is 124 Å². The van der Waals surface area contributed by atoms with Crippen molar-refractivity contribution in [1.82, 2.24) is 10.3 Å². The molecule has 1 heterocycles. The quantitative estimate of drug-likeness (QED) is 0.877. The van der Waals surface area contributed by atoms with Gasteiger partial charge in [0, 0.05) is 11.1 Å². The maximum Gasteiger partial charge on any atom is 0.223 e. The zero-order valence-electron chi connectivity index (χ0n) is 12.3. The van der Waals surface area contributed by atoms with Crippen LogP contribution in [0, 0.1) is 6.92 Å². The first kappa shape index (κ1) is 15.4. The van der Waals surface area contributed by atoms with E-state index in [1.807, 2.05) is 19.2 Å². The molecule has 1 saturated carbocycles. The SMILES string of the molecule is CCC(NC(=O)CC1(O)CCCCC1)c1nc(C)cs1. The normalized spacial score (nSPS) is 19.6. The van der Waals surface area contributed by atoms with Gasteiger partial charge in [-0.15, -0.1) is 11.3 Å². The molecule has 2 rings (SSSR count). The molecule has 2 N–H and O–H groups in total. The van der Waals surface area contributed by atoms with E-state index in [-0.39, 0.29) is 18.4 Å². The van der Waals surface area contributed by atoms with Crippen molar-refractivity contribution in [3.63, 3.8) is 0 Å². The van der Waals surface area contributed by atoms with Crippen molar-refractivity contribution in [3.05, 3.63) is 16.1 Å². The first-order valence-electron chi connectivity index (χ1n) is 7.46. The van der Waals surface area contributed by atoms with Crippen molar-refractivity contribution >= 4 is 17.2 Å². The van der Waals surface area contributed by atoms with Crippen molar-refractivity contribution in [2.75, 3.05) is 0 Å². The Bertz CT molecular complexity index is 452. The Morgan fingerprint density at radius 3 is 2.75 bits per heavy atom. The van der Waals surface area contributed by atoms with E-state index < -0.39 is 5.60 Å². The van der Waals surface area contributed by atoms with Crippen LogP contribution in [0.25, 0.3) is 0 Å². The van der Waals surface area contributed by atoms with Gasteiger partial charge in [0.05, 0.1) is 18.1 Å². The number of carbonyl (C=O) groups excluding carboxylic acids is 1. The van der Waals surface area contributed by atoms with Crippen LogP contribution in [0.5, 0.6) is 0 Å². The minimum absolute atomic E-state index is 0.0339.